The summed E-state index contributed by atoms with van der Waals surface area (Å²) < 4.78 is 0. The molecule has 0 bridgehead atoms. The average molecular weight is 385 g/mol. The molecule has 4 aliphatic rings. The Labute approximate surface area is 174 Å². The van der Waals surface area contributed by atoms with Crippen molar-refractivity contribution in [1.82, 2.24) is 0 Å². The predicted octanol–water partition coefficient (Wildman–Crippen LogP) is 7.60. The van der Waals surface area contributed by atoms with Gasteiger partial charge in [0.15, 0.2) is 5.78 Å². The smallest absolute Gasteiger partial charge is 0.155 e. The van der Waals surface area contributed by atoms with Gasteiger partial charge in [0.1, 0.15) is 0 Å². The van der Waals surface area contributed by atoms with Gasteiger partial charge in [-0.1, -0.05) is 59.5 Å². The van der Waals surface area contributed by atoms with E-state index in [4.69, 9.17) is 0 Å². The third-order valence-electron chi connectivity index (χ3n) is 10.2. The molecule has 0 heterocycles. The van der Waals surface area contributed by atoms with Crippen LogP contribution in [0.2, 0.25) is 0 Å². The normalized spacial score (nSPS) is 43.9. The van der Waals surface area contributed by atoms with Crippen LogP contribution in [0.25, 0.3) is 0 Å². The van der Waals surface area contributed by atoms with Gasteiger partial charge in [0, 0.05) is 6.42 Å². The van der Waals surface area contributed by atoms with Gasteiger partial charge in [-0.25, -0.2) is 0 Å². The molecule has 0 radical (unpaired) electrons. The van der Waals surface area contributed by atoms with E-state index in [0.29, 0.717) is 16.6 Å². The van der Waals surface area contributed by atoms with Crippen molar-refractivity contribution in [1.29, 1.82) is 0 Å². The summed E-state index contributed by atoms with van der Waals surface area (Å²) in [6, 6.07) is 0. The number of allylic oxidation sites excluding steroid dienone is 1. The standard InChI is InChI=1S/C27H44O/c1-18(2)7-6-8-19(3)23-11-12-24-22-10-9-20-17-21(28)13-15-26(20,4)25(22)14-16-27(23,24)5/h17-19,22-25H,6-16H2,1-5H3/t19-,22+,23-,24+,25-,26+,27-/m1/s1. The highest BCUT2D eigenvalue weighted by atomic mass is 16.1. The molecule has 0 aromatic carbocycles. The lowest BCUT2D eigenvalue weighted by atomic mass is 9.46. The molecule has 0 aliphatic heterocycles. The third kappa shape index (κ3) is 3.33. The molecule has 4 rings (SSSR count). The van der Waals surface area contributed by atoms with Gasteiger partial charge in [-0.05, 0) is 97.4 Å². The van der Waals surface area contributed by atoms with Gasteiger partial charge in [-0.2, -0.15) is 0 Å². The van der Waals surface area contributed by atoms with Gasteiger partial charge < -0.3 is 0 Å². The Kier molecular flexibility index (Phi) is 5.60. The fourth-order valence-electron chi connectivity index (χ4n) is 8.58. The Morgan fingerprint density at radius 1 is 0.964 bits per heavy atom. The summed E-state index contributed by atoms with van der Waals surface area (Å²) in [5.41, 5.74) is 2.43. The number of fused-ring (bicyclic) bond motifs is 5. The highest BCUT2D eigenvalue weighted by Crippen LogP contribution is 2.67. The number of hydrogen-bond acceptors (Lipinski definition) is 1. The van der Waals surface area contributed by atoms with Crippen molar-refractivity contribution < 1.29 is 4.79 Å². The molecule has 158 valence electrons. The molecule has 3 fully saturated rings. The van der Waals surface area contributed by atoms with E-state index in [-0.39, 0.29) is 0 Å². The Balaban J connectivity index is 1.49. The minimum absolute atomic E-state index is 0.332. The summed E-state index contributed by atoms with van der Waals surface area (Å²) in [7, 11) is 0. The van der Waals surface area contributed by atoms with Crippen molar-refractivity contribution in [3.05, 3.63) is 11.6 Å². The first-order chi connectivity index (χ1) is 13.3. The van der Waals surface area contributed by atoms with Crippen LogP contribution in [0.3, 0.4) is 0 Å². The molecular formula is C27H44O. The second-order valence-electron chi connectivity index (χ2n) is 12.0. The number of ketones is 1. The molecule has 1 nitrogen and oxygen atoms in total. The lowest BCUT2D eigenvalue weighted by Crippen LogP contribution is -2.50. The Morgan fingerprint density at radius 3 is 2.50 bits per heavy atom. The molecule has 3 saturated carbocycles. The van der Waals surface area contributed by atoms with E-state index in [0.717, 1.165) is 48.3 Å². The molecule has 0 aromatic heterocycles. The largest absolute Gasteiger partial charge is 0.295 e. The van der Waals surface area contributed by atoms with E-state index in [1.54, 1.807) is 0 Å². The first-order valence-electron chi connectivity index (χ1n) is 12.5. The summed E-state index contributed by atoms with van der Waals surface area (Å²) >= 11 is 0. The highest BCUT2D eigenvalue weighted by Gasteiger charge is 2.59. The second-order valence-corrected chi connectivity index (χ2v) is 12.0. The van der Waals surface area contributed by atoms with Crippen LogP contribution in [0.1, 0.15) is 105 Å². The number of rotatable bonds is 5. The van der Waals surface area contributed by atoms with Crippen LogP contribution >= 0.6 is 0 Å². The van der Waals surface area contributed by atoms with Crippen molar-refractivity contribution >= 4 is 5.78 Å². The summed E-state index contributed by atoms with van der Waals surface area (Å²) in [4.78, 5) is 12.0. The fourth-order valence-corrected chi connectivity index (χ4v) is 8.58. The molecular weight excluding hydrogens is 340 g/mol. The SMILES string of the molecule is CC(C)CCC[C@@H](C)[C@H]1CC[C@H]2[C@@H]3CCC4=CC(=O)CC[C@]4(C)[C@@H]3CC[C@]12C. The number of hydrogen-bond donors (Lipinski definition) is 0. The zero-order valence-electron chi connectivity index (χ0n) is 19.2. The molecule has 0 amide bonds. The topological polar surface area (TPSA) is 17.1 Å². The summed E-state index contributed by atoms with van der Waals surface area (Å²) in [5.74, 6) is 5.79. The van der Waals surface area contributed by atoms with Crippen molar-refractivity contribution in [3.8, 4) is 0 Å². The molecule has 0 N–H and O–H groups in total. The first kappa shape index (κ1) is 20.7. The minimum atomic E-state index is 0.332. The minimum Gasteiger partial charge on any atom is -0.295 e. The maximum atomic E-state index is 12.0. The monoisotopic (exact) mass is 384 g/mol. The summed E-state index contributed by atoms with van der Waals surface area (Å²) in [6.07, 6.45) is 16.6. The van der Waals surface area contributed by atoms with Gasteiger partial charge >= 0.3 is 0 Å². The third-order valence-corrected chi connectivity index (χ3v) is 10.2. The molecule has 4 aliphatic carbocycles. The summed E-state index contributed by atoms with van der Waals surface area (Å²) in [6.45, 7) is 12.5. The van der Waals surface area contributed by atoms with Crippen LogP contribution < -0.4 is 0 Å². The lowest BCUT2D eigenvalue weighted by molar-refractivity contribution is -0.117. The fraction of sp³-hybridized carbons (Fsp3) is 0.889. The molecule has 0 aromatic rings. The predicted molar refractivity (Wildman–Crippen MR) is 118 cm³/mol. The molecule has 0 spiro atoms. The van der Waals surface area contributed by atoms with E-state index in [1.807, 2.05) is 0 Å². The van der Waals surface area contributed by atoms with Crippen molar-refractivity contribution in [2.75, 3.05) is 0 Å². The highest BCUT2D eigenvalue weighted by molar-refractivity contribution is 5.91. The maximum absolute atomic E-state index is 12.0. The van der Waals surface area contributed by atoms with Crippen molar-refractivity contribution in [2.45, 2.75) is 105 Å². The van der Waals surface area contributed by atoms with E-state index in [2.05, 4.69) is 40.7 Å². The van der Waals surface area contributed by atoms with Crippen molar-refractivity contribution in [2.24, 2.45) is 46.3 Å². The van der Waals surface area contributed by atoms with E-state index in [9.17, 15) is 4.79 Å². The van der Waals surface area contributed by atoms with E-state index in [1.165, 1.54) is 63.4 Å². The quantitative estimate of drug-likeness (QED) is 0.477. The number of carbonyl (C=O) groups excluding carboxylic acids is 1. The average Bonchev–Trinajstić information content (AvgIpc) is 2.99. The molecule has 1 heteroatoms. The van der Waals surface area contributed by atoms with Crippen LogP contribution in [-0.2, 0) is 4.79 Å². The van der Waals surface area contributed by atoms with E-state index >= 15 is 0 Å². The molecule has 7 atom stereocenters. The zero-order valence-corrected chi connectivity index (χ0v) is 19.2. The van der Waals surface area contributed by atoms with Crippen LogP contribution in [0, 0.1) is 46.3 Å². The van der Waals surface area contributed by atoms with Gasteiger partial charge in [0.05, 0.1) is 0 Å². The Morgan fingerprint density at radius 2 is 1.75 bits per heavy atom. The lowest BCUT2D eigenvalue weighted by Gasteiger charge is -2.58. The van der Waals surface area contributed by atoms with Gasteiger partial charge in [-0.15, -0.1) is 0 Å². The first-order valence-corrected chi connectivity index (χ1v) is 12.5. The molecule has 0 saturated heterocycles. The summed E-state index contributed by atoms with van der Waals surface area (Å²) in [5, 5.41) is 0. The van der Waals surface area contributed by atoms with Crippen LogP contribution in [-0.4, -0.2) is 5.78 Å². The molecule has 0 unspecified atom stereocenters. The van der Waals surface area contributed by atoms with Crippen LogP contribution in [0.5, 0.6) is 0 Å². The molecule has 28 heavy (non-hydrogen) atoms. The van der Waals surface area contributed by atoms with Gasteiger partial charge in [0.25, 0.3) is 0 Å². The maximum Gasteiger partial charge on any atom is 0.155 e. The Bertz CT molecular complexity index is 630. The van der Waals surface area contributed by atoms with Gasteiger partial charge in [-0.3, -0.25) is 4.79 Å². The van der Waals surface area contributed by atoms with Crippen LogP contribution in [0.15, 0.2) is 11.6 Å². The number of carbonyl (C=O) groups is 1. The second kappa shape index (κ2) is 7.59. The zero-order chi connectivity index (χ0) is 20.1. The van der Waals surface area contributed by atoms with Crippen LogP contribution in [0.4, 0.5) is 0 Å². The van der Waals surface area contributed by atoms with Gasteiger partial charge in [0.2, 0.25) is 0 Å². The van der Waals surface area contributed by atoms with Crippen molar-refractivity contribution in [3.63, 3.8) is 0 Å². The Hall–Kier alpha value is -0.590. The van der Waals surface area contributed by atoms with E-state index < -0.39 is 0 Å².